The number of halogens is 2. The van der Waals surface area contributed by atoms with Gasteiger partial charge in [-0.25, -0.2) is 14.9 Å². The quantitative estimate of drug-likeness (QED) is 0.0582. The molecule has 1 aromatic heterocycles. The van der Waals surface area contributed by atoms with Gasteiger partial charge >= 0.3 is 12.1 Å². The highest BCUT2D eigenvalue weighted by atomic mass is 35.5. The molecule has 49 heavy (non-hydrogen) atoms. The number of unbranched alkanes of at least 4 members (excludes halogenated alkanes) is 1. The van der Waals surface area contributed by atoms with Gasteiger partial charge in [-0.15, -0.1) is 0 Å². The molecular formula is C35H41Cl2N4O6PS. The van der Waals surface area contributed by atoms with Crippen molar-refractivity contribution in [3.8, 4) is 11.5 Å². The topological polar surface area (TPSA) is 127 Å². The summed E-state index contributed by atoms with van der Waals surface area (Å²) < 4.78 is 24.9. The number of imidazole rings is 1. The van der Waals surface area contributed by atoms with Crippen LogP contribution in [0.4, 0.5) is 4.79 Å². The molecule has 14 heteroatoms. The van der Waals surface area contributed by atoms with Crippen LogP contribution in [-0.2, 0) is 27.4 Å². The lowest BCUT2D eigenvalue weighted by Crippen LogP contribution is -2.34. The number of para-hydroxylation sites is 1. The van der Waals surface area contributed by atoms with E-state index in [1.807, 2.05) is 92.1 Å². The highest BCUT2D eigenvalue weighted by Gasteiger charge is 2.24. The van der Waals surface area contributed by atoms with Crippen molar-refractivity contribution >= 4 is 55.3 Å². The summed E-state index contributed by atoms with van der Waals surface area (Å²) in [5, 5.41) is 5.16. The van der Waals surface area contributed by atoms with E-state index in [0.717, 1.165) is 34.0 Å². The first-order chi connectivity index (χ1) is 23.5. The van der Waals surface area contributed by atoms with E-state index in [2.05, 4.69) is 5.09 Å². The van der Waals surface area contributed by atoms with E-state index in [0.29, 0.717) is 40.5 Å². The molecule has 0 aliphatic heterocycles. The lowest BCUT2D eigenvalue weighted by molar-refractivity contribution is -0.145. The molecule has 2 atom stereocenters. The highest BCUT2D eigenvalue weighted by Crippen LogP contribution is 2.38. The molecule has 0 saturated carbocycles. The summed E-state index contributed by atoms with van der Waals surface area (Å²) in [6, 6.07) is 21.8. The largest absolute Gasteiger partial charge is 0.484 e. The number of benzene rings is 3. The van der Waals surface area contributed by atoms with Crippen LogP contribution in [0.25, 0.3) is 0 Å². The van der Waals surface area contributed by atoms with Crippen LogP contribution in [0.3, 0.4) is 0 Å². The van der Waals surface area contributed by atoms with Gasteiger partial charge in [0.05, 0.1) is 12.3 Å². The van der Waals surface area contributed by atoms with Gasteiger partial charge in [-0.05, 0) is 67.3 Å². The third-order valence-corrected chi connectivity index (χ3v) is 9.97. The fraction of sp³-hybridized carbons (Fsp3) is 0.343. The summed E-state index contributed by atoms with van der Waals surface area (Å²) in [7, 11) is -1.41. The lowest BCUT2D eigenvalue weighted by Gasteiger charge is -2.23. The molecule has 4 aromatic rings. The molecule has 4 rings (SSSR count). The molecule has 0 aliphatic rings. The SMILES string of the molecule is CCCCOC(=O)C(C)NP(COc1ccc(Cn2c(COC(N)=O)nc(C(C)C)c2Sc2cc(Cl)cc(Cl)c2)cc1)Oc1ccccc1. The van der Waals surface area contributed by atoms with Crippen molar-refractivity contribution < 1.29 is 28.3 Å². The van der Waals surface area contributed by atoms with Crippen molar-refractivity contribution in [3.63, 3.8) is 0 Å². The van der Waals surface area contributed by atoms with Crippen molar-refractivity contribution in [2.75, 3.05) is 13.0 Å². The summed E-state index contributed by atoms with van der Waals surface area (Å²) in [6.45, 7) is 8.62. The fourth-order valence-corrected chi connectivity index (χ4v) is 7.79. The fourth-order valence-electron chi connectivity index (χ4n) is 4.51. The Labute approximate surface area is 302 Å². The van der Waals surface area contributed by atoms with Crippen LogP contribution >= 0.6 is 43.3 Å². The third kappa shape index (κ3) is 12.1. The first kappa shape index (κ1) is 38.3. The van der Waals surface area contributed by atoms with Gasteiger partial charge in [-0.2, -0.15) is 0 Å². The van der Waals surface area contributed by atoms with E-state index in [9.17, 15) is 9.59 Å². The smallest absolute Gasteiger partial charge is 0.404 e. The minimum atomic E-state index is -1.41. The Morgan fingerprint density at radius 2 is 1.67 bits per heavy atom. The number of carbonyl (C=O) groups is 2. The van der Waals surface area contributed by atoms with Crippen molar-refractivity contribution in [2.24, 2.45) is 5.73 Å². The Hall–Kier alpha value is -3.47. The molecule has 3 aromatic carbocycles. The van der Waals surface area contributed by atoms with Crippen molar-refractivity contribution in [3.05, 3.63) is 99.9 Å². The molecule has 0 fully saturated rings. The van der Waals surface area contributed by atoms with Crippen LogP contribution in [-0.4, -0.2) is 40.6 Å². The predicted octanol–water partition coefficient (Wildman–Crippen LogP) is 9.16. The van der Waals surface area contributed by atoms with Gasteiger partial charge in [0.1, 0.15) is 28.4 Å². The summed E-state index contributed by atoms with van der Waals surface area (Å²) in [6.07, 6.45) is 1.06. The highest BCUT2D eigenvalue weighted by molar-refractivity contribution is 7.99. The maximum atomic E-state index is 12.5. The summed E-state index contributed by atoms with van der Waals surface area (Å²) in [4.78, 5) is 29.7. The number of hydrogen-bond donors (Lipinski definition) is 2. The minimum absolute atomic E-state index is 0.0732. The monoisotopic (exact) mass is 746 g/mol. The standard InChI is InChI=1S/C35H41Cl2N4O6PS/c1-5-6-16-44-34(42)24(4)40-48(47-29-10-8-7-9-11-29)22-46-28-14-12-25(13-15-28)20-41-31(21-45-35(38)43)39-32(23(2)3)33(41)49-30-18-26(36)17-27(37)19-30/h7-15,17-19,23-24,40H,5-6,16,20-22H2,1-4H3,(H2,38,43). The number of carbonyl (C=O) groups excluding carboxylic acids is 2. The first-order valence-corrected chi connectivity index (χ1v) is 18.8. The number of ether oxygens (including phenoxy) is 3. The van der Waals surface area contributed by atoms with Crippen LogP contribution < -0.4 is 20.1 Å². The number of esters is 1. The molecule has 0 bridgehead atoms. The molecular weight excluding hydrogens is 706 g/mol. The Morgan fingerprint density at radius 3 is 2.31 bits per heavy atom. The Kier molecular flexibility index (Phi) is 14.9. The second-order valence-corrected chi connectivity index (χ2v) is 14.7. The van der Waals surface area contributed by atoms with E-state index in [1.54, 1.807) is 13.0 Å². The number of aromatic nitrogens is 2. The number of hydrogen-bond acceptors (Lipinski definition) is 9. The second-order valence-electron chi connectivity index (χ2n) is 11.3. The van der Waals surface area contributed by atoms with E-state index >= 15 is 0 Å². The van der Waals surface area contributed by atoms with Gasteiger partial charge in [0.2, 0.25) is 8.30 Å². The van der Waals surface area contributed by atoms with Gasteiger partial charge in [0.15, 0.2) is 13.0 Å². The number of rotatable bonds is 18. The van der Waals surface area contributed by atoms with Crippen LogP contribution in [0.5, 0.6) is 11.5 Å². The summed E-state index contributed by atoms with van der Waals surface area (Å²) in [5.74, 6) is 1.58. The van der Waals surface area contributed by atoms with Crippen molar-refractivity contribution in [1.29, 1.82) is 0 Å². The van der Waals surface area contributed by atoms with Crippen LogP contribution in [0.1, 0.15) is 63.5 Å². The predicted molar refractivity (Wildman–Crippen MR) is 195 cm³/mol. The zero-order valence-corrected chi connectivity index (χ0v) is 31.1. The molecule has 3 N–H and O–H groups in total. The first-order valence-electron chi connectivity index (χ1n) is 15.8. The Morgan fingerprint density at radius 1 is 0.980 bits per heavy atom. The second kappa shape index (κ2) is 19.1. The number of nitrogens with zero attached hydrogens (tertiary/aromatic N) is 2. The summed E-state index contributed by atoms with van der Waals surface area (Å²) >= 11 is 14.1. The van der Waals surface area contributed by atoms with E-state index < -0.39 is 20.4 Å². The molecule has 10 nitrogen and oxygen atoms in total. The maximum absolute atomic E-state index is 12.5. The van der Waals surface area contributed by atoms with E-state index in [4.69, 9.17) is 52.7 Å². The number of nitrogens with two attached hydrogens (primary N) is 1. The number of nitrogens with one attached hydrogen (secondary N) is 1. The Balaban J connectivity index is 1.52. The van der Waals surface area contributed by atoms with Crippen LogP contribution in [0.15, 0.2) is 82.7 Å². The Bertz CT molecular complexity index is 1660. The van der Waals surface area contributed by atoms with E-state index in [1.165, 1.54) is 11.8 Å². The van der Waals surface area contributed by atoms with Gasteiger partial charge in [0.25, 0.3) is 0 Å². The molecule has 0 spiro atoms. The van der Waals surface area contributed by atoms with E-state index in [-0.39, 0.29) is 24.8 Å². The van der Waals surface area contributed by atoms with Crippen LogP contribution in [0, 0.1) is 0 Å². The molecule has 1 heterocycles. The zero-order valence-electron chi connectivity index (χ0n) is 27.9. The van der Waals surface area contributed by atoms with Gasteiger partial charge < -0.3 is 29.0 Å². The van der Waals surface area contributed by atoms with Crippen molar-refractivity contribution in [2.45, 2.75) is 75.6 Å². The summed E-state index contributed by atoms with van der Waals surface area (Å²) in [5.41, 5.74) is 7.09. The molecule has 2 unspecified atom stereocenters. The number of primary amides is 1. The van der Waals surface area contributed by atoms with Crippen LogP contribution in [0.2, 0.25) is 10.0 Å². The van der Waals surface area contributed by atoms with Gasteiger partial charge in [-0.1, -0.05) is 92.5 Å². The molecule has 1 amide bonds. The average molecular weight is 748 g/mol. The average Bonchev–Trinajstić information content (AvgIpc) is 3.39. The van der Waals surface area contributed by atoms with Gasteiger partial charge in [-0.3, -0.25) is 4.79 Å². The third-order valence-electron chi connectivity index (χ3n) is 6.97. The molecule has 0 saturated heterocycles. The molecule has 0 radical (unpaired) electrons. The maximum Gasteiger partial charge on any atom is 0.404 e. The normalized spacial score (nSPS) is 12.4. The molecule has 0 aliphatic carbocycles. The minimum Gasteiger partial charge on any atom is -0.484 e. The zero-order chi connectivity index (χ0) is 35.3. The lowest BCUT2D eigenvalue weighted by atomic mass is 10.1. The number of amides is 1. The van der Waals surface area contributed by atoms with Crippen molar-refractivity contribution in [1.82, 2.24) is 14.6 Å². The molecule has 262 valence electrons. The van der Waals surface area contributed by atoms with Gasteiger partial charge in [0, 0.05) is 21.5 Å².